The minimum absolute atomic E-state index is 0.00885. The number of urea groups is 1. The quantitative estimate of drug-likeness (QED) is 0.478. The zero-order valence-corrected chi connectivity index (χ0v) is 20.4. The average molecular weight is 509 g/mol. The van der Waals surface area contributed by atoms with Gasteiger partial charge in [0.1, 0.15) is 17.3 Å². The van der Waals surface area contributed by atoms with Crippen molar-refractivity contribution in [3.8, 4) is 11.3 Å². The van der Waals surface area contributed by atoms with Crippen molar-refractivity contribution in [1.82, 2.24) is 20.6 Å². The molecule has 0 atom stereocenters. The van der Waals surface area contributed by atoms with Gasteiger partial charge in [-0.15, -0.1) is 0 Å². The van der Waals surface area contributed by atoms with Crippen molar-refractivity contribution in [2.45, 2.75) is 32.4 Å². The highest BCUT2D eigenvalue weighted by atomic mass is 19.1. The number of carboxylic acids is 1. The van der Waals surface area contributed by atoms with Crippen LogP contribution < -0.4 is 20.4 Å². The number of aryl methyl sites for hydroxylation is 1. The molecule has 3 heterocycles. The third-order valence-electron chi connectivity index (χ3n) is 6.89. The molecule has 0 radical (unpaired) electrons. The molecule has 1 fully saturated rings. The Kier molecular flexibility index (Phi) is 6.46. The van der Waals surface area contributed by atoms with Crippen molar-refractivity contribution in [2.24, 2.45) is 0 Å². The first kappa shape index (κ1) is 24.6. The highest BCUT2D eigenvalue weighted by Crippen LogP contribution is 2.40. The van der Waals surface area contributed by atoms with Crippen molar-refractivity contribution in [3.05, 3.63) is 64.7 Å². The molecule has 9 nitrogen and oxygen atoms in total. The van der Waals surface area contributed by atoms with Gasteiger partial charge >= 0.3 is 12.0 Å². The van der Waals surface area contributed by atoms with Gasteiger partial charge in [0.05, 0.1) is 17.8 Å². The first-order valence-corrected chi connectivity index (χ1v) is 12.0. The Hall–Kier alpha value is -4.12. The van der Waals surface area contributed by atoms with Gasteiger partial charge in [-0.05, 0) is 56.6 Å². The summed E-state index contributed by atoms with van der Waals surface area (Å²) in [6.45, 7) is 3.11. The number of nitrogens with one attached hydrogen (secondary N) is 2. The highest BCUT2D eigenvalue weighted by Gasteiger charge is 2.35. The van der Waals surface area contributed by atoms with Crippen LogP contribution in [0.25, 0.3) is 11.3 Å². The Balaban J connectivity index is 1.74. The molecule has 2 amide bonds. The van der Waals surface area contributed by atoms with Gasteiger partial charge in [0.2, 0.25) is 5.95 Å². The summed E-state index contributed by atoms with van der Waals surface area (Å²) in [5.41, 5.74) is 1.66. The molecule has 0 aliphatic carbocycles. The van der Waals surface area contributed by atoms with Gasteiger partial charge in [-0.25, -0.2) is 28.3 Å². The van der Waals surface area contributed by atoms with Crippen molar-refractivity contribution in [1.29, 1.82) is 0 Å². The molecule has 0 saturated carbocycles. The monoisotopic (exact) mass is 508 g/mol. The summed E-state index contributed by atoms with van der Waals surface area (Å²) in [5, 5.41) is 15.5. The second-order valence-corrected chi connectivity index (χ2v) is 9.12. The summed E-state index contributed by atoms with van der Waals surface area (Å²) in [5.74, 6) is -2.56. The van der Waals surface area contributed by atoms with Gasteiger partial charge in [-0.1, -0.05) is 12.1 Å². The summed E-state index contributed by atoms with van der Waals surface area (Å²) < 4.78 is 29.8. The molecule has 3 aromatic rings. The minimum Gasteiger partial charge on any atom is -0.478 e. The van der Waals surface area contributed by atoms with Crippen LogP contribution in [0.1, 0.15) is 34.3 Å². The summed E-state index contributed by atoms with van der Waals surface area (Å²) in [4.78, 5) is 37.1. The van der Waals surface area contributed by atoms with Gasteiger partial charge in [-0.3, -0.25) is 0 Å². The van der Waals surface area contributed by atoms with E-state index >= 15 is 0 Å². The molecule has 3 N–H and O–H groups in total. The van der Waals surface area contributed by atoms with Crippen molar-refractivity contribution >= 4 is 29.5 Å². The number of benzene rings is 2. The van der Waals surface area contributed by atoms with E-state index in [2.05, 4.69) is 15.6 Å². The predicted molar refractivity (Wildman–Crippen MR) is 134 cm³/mol. The third-order valence-corrected chi connectivity index (χ3v) is 6.89. The van der Waals surface area contributed by atoms with Gasteiger partial charge in [0.25, 0.3) is 0 Å². The van der Waals surface area contributed by atoms with Crippen molar-refractivity contribution in [2.75, 3.05) is 29.9 Å². The van der Waals surface area contributed by atoms with E-state index in [9.17, 15) is 23.5 Å². The number of hydrogen-bond acceptors (Lipinski definition) is 6. The van der Waals surface area contributed by atoms with Crippen LogP contribution in [-0.2, 0) is 6.54 Å². The summed E-state index contributed by atoms with van der Waals surface area (Å²) in [7, 11) is 1.91. The Morgan fingerprint density at radius 3 is 2.49 bits per heavy atom. The van der Waals surface area contributed by atoms with Crippen LogP contribution in [0, 0.1) is 18.6 Å². The number of carbonyl (C=O) groups is 2. The minimum atomic E-state index is -1.10. The highest BCUT2D eigenvalue weighted by molar-refractivity contribution is 6.02. The fourth-order valence-corrected chi connectivity index (χ4v) is 4.80. The maximum absolute atomic E-state index is 14.9. The smallest absolute Gasteiger partial charge is 0.335 e. The molecular formula is C26H26F2N6O3. The van der Waals surface area contributed by atoms with Crippen LogP contribution in [0.5, 0.6) is 0 Å². The lowest BCUT2D eigenvalue weighted by molar-refractivity contribution is 0.0697. The Bertz CT molecular complexity index is 1370. The topological polar surface area (TPSA) is 111 Å². The van der Waals surface area contributed by atoms with Crippen molar-refractivity contribution in [3.63, 3.8) is 0 Å². The van der Waals surface area contributed by atoms with E-state index in [1.165, 1.54) is 18.2 Å². The van der Waals surface area contributed by atoms with Crippen LogP contribution in [0.3, 0.4) is 0 Å². The number of carbonyl (C=O) groups excluding carboxylic acids is 1. The van der Waals surface area contributed by atoms with Crippen molar-refractivity contribution < 1.29 is 23.5 Å². The molecule has 2 aliphatic heterocycles. The van der Waals surface area contributed by atoms with Gasteiger partial charge in [0.15, 0.2) is 5.82 Å². The largest absolute Gasteiger partial charge is 0.478 e. The fraction of sp³-hybridized carbons (Fsp3) is 0.308. The second-order valence-electron chi connectivity index (χ2n) is 9.12. The molecule has 11 heteroatoms. The first-order chi connectivity index (χ1) is 17.8. The Labute approximate surface area is 212 Å². The molecule has 5 rings (SSSR count). The molecule has 1 aromatic heterocycles. The zero-order valence-electron chi connectivity index (χ0n) is 20.4. The standard InChI is InChI=1S/C26H26F2N6O3/c1-14-6-7-15(24(35)36)12-17(14)21-18-13-30-26(37)34(22-19(27)4-3-5-20(22)28)23(18)32-25(31-21)33-10-8-16(29-2)9-11-33/h3-7,12,16,29H,8-11,13H2,1-2H3,(H,30,37)(H,35,36). The molecule has 2 aromatic carbocycles. The average Bonchev–Trinajstić information content (AvgIpc) is 2.89. The number of aromatic nitrogens is 2. The molecular weight excluding hydrogens is 482 g/mol. The van der Waals surface area contributed by atoms with Crippen LogP contribution >= 0.6 is 0 Å². The second kappa shape index (κ2) is 9.74. The number of fused-ring (bicyclic) bond motifs is 1. The molecule has 2 aliphatic rings. The molecule has 1 saturated heterocycles. The number of rotatable bonds is 5. The van der Waals surface area contributed by atoms with Crippen LogP contribution in [0.15, 0.2) is 36.4 Å². The number of aromatic carboxylic acids is 1. The SMILES string of the molecule is CNC1CCN(c2nc(-c3cc(C(=O)O)ccc3C)c3c(n2)N(c2c(F)cccc2F)C(=O)NC3)CC1. The third kappa shape index (κ3) is 4.46. The summed E-state index contributed by atoms with van der Waals surface area (Å²) in [6.07, 6.45) is 1.68. The van der Waals surface area contributed by atoms with Gasteiger partial charge < -0.3 is 20.6 Å². The lowest BCUT2D eigenvalue weighted by Crippen LogP contribution is -2.44. The molecule has 0 unspecified atom stereocenters. The van der Waals surface area contributed by atoms with Crippen LogP contribution in [0.2, 0.25) is 0 Å². The lowest BCUT2D eigenvalue weighted by atomic mass is 9.97. The molecule has 37 heavy (non-hydrogen) atoms. The number of halogens is 2. The van der Waals surface area contributed by atoms with Crippen LogP contribution in [0.4, 0.5) is 31.0 Å². The van der Waals surface area contributed by atoms with E-state index in [0.717, 1.165) is 35.4 Å². The van der Waals surface area contributed by atoms with Gasteiger partial charge in [-0.2, -0.15) is 4.98 Å². The van der Waals surface area contributed by atoms with E-state index in [0.29, 0.717) is 41.9 Å². The zero-order chi connectivity index (χ0) is 26.3. The van der Waals surface area contributed by atoms with Crippen LogP contribution in [-0.4, -0.2) is 53.3 Å². The number of para-hydroxylation sites is 1. The maximum atomic E-state index is 14.9. The number of piperidine rings is 1. The molecule has 0 spiro atoms. The number of hydrogen-bond donors (Lipinski definition) is 3. The Morgan fingerprint density at radius 2 is 1.84 bits per heavy atom. The normalized spacial score (nSPS) is 15.9. The lowest BCUT2D eigenvalue weighted by Gasteiger charge is -2.35. The van der Waals surface area contributed by atoms with E-state index in [4.69, 9.17) is 4.98 Å². The predicted octanol–water partition coefficient (Wildman–Crippen LogP) is 3.98. The molecule has 0 bridgehead atoms. The number of nitrogens with zero attached hydrogens (tertiary/aromatic N) is 4. The van der Waals surface area contributed by atoms with Gasteiger partial charge in [0, 0.05) is 30.3 Å². The van der Waals surface area contributed by atoms with E-state index in [1.54, 1.807) is 6.07 Å². The number of carboxylic acid groups (broad SMARTS) is 1. The van der Waals surface area contributed by atoms with E-state index in [-0.39, 0.29) is 17.9 Å². The molecule has 192 valence electrons. The van der Waals surface area contributed by atoms with E-state index in [1.807, 2.05) is 18.9 Å². The number of amides is 2. The summed E-state index contributed by atoms with van der Waals surface area (Å²) >= 11 is 0. The fourth-order valence-electron chi connectivity index (χ4n) is 4.80. The first-order valence-electron chi connectivity index (χ1n) is 12.0. The number of anilines is 3. The Morgan fingerprint density at radius 1 is 1.14 bits per heavy atom. The van der Waals surface area contributed by atoms with E-state index < -0.39 is 29.3 Å². The summed E-state index contributed by atoms with van der Waals surface area (Å²) in [6, 6.07) is 7.69. The maximum Gasteiger partial charge on any atom is 0.335 e.